The second kappa shape index (κ2) is 8.24. The van der Waals surface area contributed by atoms with Gasteiger partial charge in [-0.25, -0.2) is 0 Å². The van der Waals surface area contributed by atoms with Crippen LogP contribution in [0.2, 0.25) is 0 Å². The van der Waals surface area contributed by atoms with Crippen molar-refractivity contribution in [1.82, 2.24) is 14.8 Å². The van der Waals surface area contributed by atoms with Gasteiger partial charge in [-0.1, -0.05) is 36.4 Å². The summed E-state index contributed by atoms with van der Waals surface area (Å²) in [6.45, 7) is 6.10. The van der Waals surface area contributed by atoms with Crippen molar-refractivity contribution in [3.63, 3.8) is 0 Å². The van der Waals surface area contributed by atoms with E-state index in [0.29, 0.717) is 0 Å². The number of nitrogens with zero attached hydrogens (tertiary/aromatic N) is 3. The molecule has 2 aromatic rings. The Balaban J connectivity index is 1.34. The van der Waals surface area contributed by atoms with Crippen molar-refractivity contribution in [2.45, 2.75) is 25.8 Å². The number of likely N-dealkylation sites (tertiary alicyclic amines) is 2. The molecule has 4 heteroatoms. The predicted molar refractivity (Wildman–Crippen MR) is 108 cm³/mol. The summed E-state index contributed by atoms with van der Waals surface area (Å²) in [4.78, 5) is 9.47. The van der Waals surface area contributed by atoms with E-state index in [1.165, 1.54) is 17.4 Å². The molecule has 0 amide bonds. The summed E-state index contributed by atoms with van der Waals surface area (Å²) in [6, 6.07) is 16.8. The highest BCUT2D eigenvalue weighted by atomic mass is 16.2. The van der Waals surface area contributed by atoms with Crippen LogP contribution in [0, 0.1) is 5.41 Å². The van der Waals surface area contributed by atoms with Crippen LogP contribution in [-0.2, 0) is 13.0 Å². The van der Waals surface area contributed by atoms with Gasteiger partial charge in [0.05, 0.1) is 12.0 Å². The third-order valence-corrected chi connectivity index (χ3v) is 6.24. The van der Waals surface area contributed by atoms with Gasteiger partial charge in [0.1, 0.15) is 0 Å². The zero-order valence-electron chi connectivity index (χ0n) is 15.9. The van der Waals surface area contributed by atoms with Gasteiger partial charge in [0.15, 0.2) is 0 Å². The van der Waals surface area contributed by atoms with Crippen LogP contribution in [0.3, 0.4) is 0 Å². The number of hydrogen-bond donors (Lipinski definition) is 1. The van der Waals surface area contributed by atoms with E-state index in [1.807, 2.05) is 12.3 Å². The number of pyridine rings is 1. The Kier molecular flexibility index (Phi) is 5.55. The molecule has 0 aliphatic carbocycles. The van der Waals surface area contributed by atoms with Gasteiger partial charge in [0.2, 0.25) is 0 Å². The van der Waals surface area contributed by atoms with Crippen LogP contribution >= 0.6 is 0 Å². The van der Waals surface area contributed by atoms with Crippen molar-refractivity contribution < 1.29 is 5.11 Å². The van der Waals surface area contributed by atoms with Gasteiger partial charge in [-0.3, -0.25) is 14.8 Å². The second-order valence-electron chi connectivity index (χ2n) is 7.98. The number of hydrogen-bond acceptors (Lipinski definition) is 4. The Morgan fingerprint density at radius 3 is 2.48 bits per heavy atom. The molecule has 3 heterocycles. The van der Waals surface area contributed by atoms with E-state index in [4.69, 9.17) is 0 Å². The molecule has 0 bridgehead atoms. The van der Waals surface area contributed by atoms with E-state index in [1.54, 1.807) is 0 Å². The van der Waals surface area contributed by atoms with E-state index in [2.05, 4.69) is 57.2 Å². The Morgan fingerprint density at radius 2 is 1.78 bits per heavy atom. The lowest BCUT2D eigenvalue weighted by Gasteiger charge is -2.40. The highest BCUT2D eigenvalue weighted by Gasteiger charge is 2.44. The van der Waals surface area contributed by atoms with Crippen LogP contribution in [0.4, 0.5) is 0 Å². The van der Waals surface area contributed by atoms with Crippen LogP contribution < -0.4 is 0 Å². The van der Waals surface area contributed by atoms with Gasteiger partial charge in [0.25, 0.3) is 0 Å². The molecule has 1 aromatic heterocycles. The fraction of sp³-hybridized carbons (Fsp3) is 0.435. The normalized spacial score (nSPS) is 21.9. The summed E-state index contributed by atoms with van der Waals surface area (Å²) in [5.74, 6) is 0. The number of aromatic nitrogens is 1. The molecule has 4 nitrogen and oxygen atoms in total. The lowest BCUT2D eigenvalue weighted by molar-refractivity contribution is 0.119. The highest BCUT2D eigenvalue weighted by molar-refractivity contribution is 5.23. The fourth-order valence-corrected chi connectivity index (χ4v) is 4.60. The van der Waals surface area contributed by atoms with Crippen molar-refractivity contribution in [3.8, 4) is 0 Å². The monoisotopic (exact) mass is 363 g/mol. The molecule has 1 spiro atoms. The molecule has 4 rings (SSSR count). The minimum absolute atomic E-state index is 0.159. The minimum Gasteiger partial charge on any atom is -0.516 e. The van der Waals surface area contributed by atoms with E-state index in [9.17, 15) is 5.11 Å². The molecule has 2 aliphatic heterocycles. The smallest absolute Gasteiger partial charge is 0.0802 e. The highest BCUT2D eigenvalue weighted by Crippen LogP contribution is 2.44. The molecule has 27 heavy (non-hydrogen) atoms. The molecule has 142 valence electrons. The standard InChI is InChI=1S/C23H29N3O/c27-18-21-16-26(13-9-20-6-2-1-3-7-20)19-23(21)10-14-25(15-11-23)17-22-8-4-5-12-24-22/h1-8,12,18,27H,9-11,13-17,19H2/b21-18+. The van der Waals surface area contributed by atoms with E-state index in [-0.39, 0.29) is 5.41 Å². The average Bonchev–Trinajstić information content (AvgIpc) is 3.07. The Morgan fingerprint density at radius 1 is 1.00 bits per heavy atom. The van der Waals surface area contributed by atoms with Crippen LogP contribution in [0.1, 0.15) is 24.1 Å². The molecular formula is C23H29N3O. The molecule has 0 radical (unpaired) electrons. The summed E-state index contributed by atoms with van der Waals surface area (Å²) in [7, 11) is 0. The van der Waals surface area contributed by atoms with Gasteiger partial charge in [-0.2, -0.15) is 0 Å². The Hall–Kier alpha value is -2.17. The second-order valence-corrected chi connectivity index (χ2v) is 7.98. The SMILES string of the molecule is O/C=C1\CN(CCc2ccccc2)CC12CCN(Cc1ccccn1)CC2. The predicted octanol–water partition coefficient (Wildman–Crippen LogP) is 3.66. The van der Waals surface area contributed by atoms with Crippen molar-refractivity contribution in [1.29, 1.82) is 0 Å². The largest absolute Gasteiger partial charge is 0.516 e. The van der Waals surface area contributed by atoms with Crippen molar-refractivity contribution in [3.05, 3.63) is 77.8 Å². The van der Waals surface area contributed by atoms with Gasteiger partial charge in [0, 0.05) is 37.8 Å². The van der Waals surface area contributed by atoms with Gasteiger partial charge in [-0.15, -0.1) is 0 Å². The summed E-state index contributed by atoms with van der Waals surface area (Å²) < 4.78 is 0. The molecule has 1 N–H and O–H groups in total. The van der Waals surface area contributed by atoms with Crippen LogP contribution in [-0.4, -0.2) is 52.6 Å². The molecule has 1 aromatic carbocycles. The first-order chi connectivity index (χ1) is 13.3. The summed E-state index contributed by atoms with van der Waals surface area (Å²) in [5.41, 5.74) is 3.92. The topological polar surface area (TPSA) is 39.6 Å². The van der Waals surface area contributed by atoms with Crippen LogP contribution in [0.25, 0.3) is 0 Å². The lowest BCUT2D eigenvalue weighted by atomic mass is 9.75. The van der Waals surface area contributed by atoms with Gasteiger partial charge >= 0.3 is 0 Å². The first kappa shape index (κ1) is 18.2. The molecule has 2 saturated heterocycles. The Bertz CT molecular complexity index is 752. The van der Waals surface area contributed by atoms with Crippen LogP contribution in [0.5, 0.6) is 0 Å². The summed E-state index contributed by atoms with van der Waals surface area (Å²) >= 11 is 0. The molecule has 2 fully saturated rings. The molecule has 0 unspecified atom stereocenters. The zero-order valence-corrected chi connectivity index (χ0v) is 15.9. The van der Waals surface area contributed by atoms with E-state index in [0.717, 1.165) is 64.2 Å². The molecular weight excluding hydrogens is 334 g/mol. The van der Waals surface area contributed by atoms with E-state index < -0.39 is 0 Å². The first-order valence-corrected chi connectivity index (χ1v) is 10.00. The minimum atomic E-state index is 0.159. The van der Waals surface area contributed by atoms with Crippen molar-refractivity contribution in [2.75, 3.05) is 32.7 Å². The molecule has 0 saturated carbocycles. The zero-order chi connectivity index (χ0) is 18.5. The number of piperidine rings is 1. The van der Waals surface area contributed by atoms with Gasteiger partial charge < -0.3 is 5.11 Å². The van der Waals surface area contributed by atoms with E-state index >= 15 is 0 Å². The van der Waals surface area contributed by atoms with Crippen molar-refractivity contribution >= 4 is 0 Å². The van der Waals surface area contributed by atoms with Crippen molar-refractivity contribution in [2.24, 2.45) is 5.41 Å². The molecule has 2 aliphatic rings. The number of rotatable bonds is 5. The maximum atomic E-state index is 9.88. The third kappa shape index (κ3) is 4.23. The number of benzene rings is 1. The summed E-state index contributed by atoms with van der Waals surface area (Å²) in [6.07, 6.45) is 6.58. The third-order valence-electron chi connectivity index (χ3n) is 6.24. The summed E-state index contributed by atoms with van der Waals surface area (Å²) in [5, 5.41) is 9.88. The number of aliphatic hydroxyl groups is 1. The average molecular weight is 364 g/mol. The first-order valence-electron chi connectivity index (χ1n) is 10.00. The maximum Gasteiger partial charge on any atom is 0.0802 e. The maximum absolute atomic E-state index is 9.88. The fourth-order valence-electron chi connectivity index (χ4n) is 4.60. The van der Waals surface area contributed by atoms with Gasteiger partial charge in [-0.05, 0) is 55.6 Å². The lowest BCUT2D eigenvalue weighted by Crippen LogP contribution is -2.42. The Labute approximate surface area is 162 Å². The van der Waals surface area contributed by atoms with Crippen LogP contribution in [0.15, 0.2) is 66.6 Å². The quantitative estimate of drug-likeness (QED) is 0.823. The number of aliphatic hydroxyl groups excluding tert-OH is 1. The molecule has 0 atom stereocenters.